The molecule has 8 nitrogen and oxygen atoms in total. The van der Waals surface area contributed by atoms with Crippen LogP contribution in [0.1, 0.15) is 30.4 Å². The largest absolute Gasteiger partial charge is 0.494 e. The van der Waals surface area contributed by atoms with Crippen LogP contribution in [-0.2, 0) is 0 Å². The lowest BCUT2D eigenvalue weighted by Gasteiger charge is -2.29. The Labute approximate surface area is 253 Å². The molecule has 6 rings (SSSR count). The quantitative estimate of drug-likeness (QED) is 0.107. The second kappa shape index (κ2) is 12.1. The highest BCUT2D eigenvalue weighted by Gasteiger charge is 2.42. The van der Waals surface area contributed by atoms with Gasteiger partial charge in [0.15, 0.2) is 5.11 Å². The average molecular weight is 594 g/mol. The Balaban J connectivity index is 1.34. The molecule has 2 aromatic heterocycles. The highest BCUT2D eigenvalue weighted by molar-refractivity contribution is 7.99. The fourth-order valence-corrected chi connectivity index (χ4v) is 6.28. The SMILES string of the molecule is CCOc1ccc(-n2cccc2[C@H]2[C@@H](c3ccccn3)NC(=S)N2c2ccc(Sc3ccc([N+](=O)[O-])cc3)cc2)cc1. The maximum Gasteiger partial charge on any atom is 0.269 e. The number of non-ortho nitro benzene ring substituents is 1. The standard InChI is InChI=1S/C32H27N5O3S2/c1-2-40-25-14-8-22(9-15-25)35-21-5-7-29(35)31-30(28-6-3-4-20-33-28)34-32(41)36(31)23-10-16-26(17-11-23)42-27-18-12-24(13-19-27)37(38)39/h3-21,30-31H,2H2,1H3,(H,34,41)/t30-,31+/m1/s1. The zero-order valence-electron chi connectivity index (χ0n) is 22.7. The van der Waals surface area contributed by atoms with Crippen molar-refractivity contribution in [2.45, 2.75) is 28.8 Å². The van der Waals surface area contributed by atoms with E-state index in [1.165, 1.54) is 12.1 Å². The maximum atomic E-state index is 11.0. The molecule has 3 aromatic carbocycles. The first-order valence-electron chi connectivity index (χ1n) is 13.5. The van der Waals surface area contributed by atoms with Gasteiger partial charge in [0.05, 0.1) is 23.3 Å². The van der Waals surface area contributed by atoms with Gasteiger partial charge in [-0.05, 0) is 104 Å². The van der Waals surface area contributed by atoms with E-state index in [0.717, 1.165) is 38.3 Å². The average Bonchev–Trinajstić information content (AvgIpc) is 3.63. The van der Waals surface area contributed by atoms with E-state index in [9.17, 15) is 10.1 Å². The van der Waals surface area contributed by atoms with Gasteiger partial charge in [-0.1, -0.05) is 17.8 Å². The first-order chi connectivity index (χ1) is 20.5. The number of anilines is 1. The van der Waals surface area contributed by atoms with Crippen LogP contribution in [0.3, 0.4) is 0 Å². The molecule has 3 heterocycles. The van der Waals surface area contributed by atoms with Crippen LogP contribution in [0.25, 0.3) is 5.69 Å². The van der Waals surface area contributed by atoms with E-state index >= 15 is 0 Å². The topological polar surface area (TPSA) is 85.5 Å². The maximum absolute atomic E-state index is 11.0. The van der Waals surface area contributed by atoms with Gasteiger partial charge in [0, 0.05) is 51.4 Å². The molecule has 0 radical (unpaired) electrons. The number of nitro benzene ring substituents is 1. The molecule has 1 fully saturated rings. The third kappa shape index (κ3) is 5.59. The molecule has 5 aromatic rings. The highest BCUT2D eigenvalue weighted by Crippen LogP contribution is 2.43. The summed E-state index contributed by atoms with van der Waals surface area (Å²) in [5.41, 5.74) is 4.01. The van der Waals surface area contributed by atoms with E-state index in [1.54, 1.807) is 30.1 Å². The molecule has 0 saturated carbocycles. The molecule has 0 bridgehead atoms. The zero-order chi connectivity index (χ0) is 29.1. The summed E-state index contributed by atoms with van der Waals surface area (Å²) in [6.07, 6.45) is 3.86. The molecule has 1 aliphatic rings. The first kappa shape index (κ1) is 27.5. The lowest BCUT2D eigenvalue weighted by molar-refractivity contribution is -0.384. The third-order valence-corrected chi connectivity index (χ3v) is 8.34. The number of nitro groups is 1. The molecule has 0 amide bonds. The minimum absolute atomic E-state index is 0.0771. The van der Waals surface area contributed by atoms with E-state index < -0.39 is 4.92 Å². The number of hydrogen-bond acceptors (Lipinski definition) is 6. The Hall–Kier alpha value is -4.67. The lowest BCUT2D eigenvalue weighted by Crippen LogP contribution is -2.30. The minimum Gasteiger partial charge on any atom is -0.494 e. The molecule has 2 atom stereocenters. The first-order valence-corrected chi connectivity index (χ1v) is 14.7. The molecule has 0 aliphatic carbocycles. The van der Waals surface area contributed by atoms with Gasteiger partial charge in [-0.3, -0.25) is 15.1 Å². The van der Waals surface area contributed by atoms with Gasteiger partial charge in [-0.25, -0.2) is 0 Å². The highest BCUT2D eigenvalue weighted by atomic mass is 32.2. The van der Waals surface area contributed by atoms with Crippen molar-refractivity contribution >= 4 is 40.5 Å². The Morgan fingerprint density at radius 3 is 2.26 bits per heavy atom. The van der Waals surface area contributed by atoms with E-state index in [-0.39, 0.29) is 17.8 Å². The van der Waals surface area contributed by atoms with E-state index in [4.69, 9.17) is 17.0 Å². The minimum atomic E-state index is -0.392. The summed E-state index contributed by atoms with van der Waals surface area (Å²) < 4.78 is 7.83. The molecular weight excluding hydrogens is 567 g/mol. The molecule has 1 saturated heterocycles. The van der Waals surface area contributed by atoms with E-state index in [0.29, 0.717) is 11.7 Å². The van der Waals surface area contributed by atoms with Crippen molar-refractivity contribution in [1.82, 2.24) is 14.9 Å². The third-order valence-electron chi connectivity index (χ3n) is 7.01. The summed E-state index contributed by atoms with van der Waals surface area (Å²) in [5, 5.41) is 15.1. The van der Waals surface area contributed by atoms with Gasteiger partial charge in [-0.15, -0.1) is 0 Å². The summed E-state index contributed by atoms with van der Waals surface area (Å²) in [6, 6.07) is 32.6. The van der Waals surface area contributed by atoms with Crippen LogP contribution in [-0.4, -0.2) is 26.2 Å². The molecule has 1 aliphatic heterocycles. The molecular formula is C32H27N5O3S2. The zero-order valence-corrected chi connectivity index (χ0v) is 24.3. The summed E-state index contributed by atoms with van der Waals surface area (Å²) in [6.45, 7) is 2.59. The number of benzene rings is 3. The van der Waals surface area contributed by atoms with Gasteiger partial charge in [-0.2, -0.15) is 0 Å². The molecule has 1 N–H and O–H groups in total. The van der Waals surface area contributed by atoms with Crippen LogP contribution in [0, 0.1) is 10.1 Å². The van der Waals surface area contributed by atoms with Crippen LogP contribution in [0.4, 0.5) is 11.4 Å². The van der Waals surface area contributed by atoms with Crippen LogP contribution in [0.5, 0.6) is 5.75 Å². The molecule has 10 heteroatoms. The fraction of sp³-hybridized carbons (Fsp3) is 0.125. The number of nitrogens with one attached hydrogen (secondary N) is 1. The van der Waals surface area contributed by atoms with E-state index in [2.05, 4.69) is 56.3 Å². The van der Waals surface area contributed by atoms with Crippen LogP contribution < -0.4 is 15.0 Å². The van der Waals surface area contributed by atoms with Crippen LogP contribution >= 0.6 is 24.0 Å². The van der Waals surface area contributed by atoms with Gasteiger partial charge < -0.3 is 19.5 Å². The summed E-state index contributed by atoms with van der Waals surface area (Å²) in [5.74, 6) is 0.832. The number of thiocarbonyl (C=S) groups is 1. The smallest absolute Gasteiger partial charge is 0.269 e. The number of pyridine rings is 1. The van der Waals surface area contributed by atoms with Gasteiger partial charge >= 0.3 is 0 Å². The molecule has 0 unspecified atom stereocenters. The van der Waals surface area contributed by atoms with E-state index in [1.807, 2.05) is 55.5 Å². The Morgan fingerprint density at radius 1 is 0.929 bits per heavy atom. The van der Waals surface area contributed by atoms with Crippen molar-refractivity contribution in [3.8, 4) is 11.4 Å². The monoisotopic (exact) mass is 593 g/mol. The summed E-state index contributed by atoms with van der Waals surface area (Å²) in [4.78, 5) is 19.4. The number of hydrogen-bond donors (Lipinski definition) is 1. The van der Waals surface area contributed by atoms with Crippen molar-refractivity contribution in [3.63, 3.8) is 0 Å². The summed E-state index contributed by atoms with van der Waals surface area (Å²) >= 11 is 7.48. The molecule has 42 heavy (non-hydrogen) atoms. The number of nitrogens with zero attached hydrogens (tertiary/aromatic N) is 4. The molecule has 0 spiro atoms. The number of rotatable bonds is 9. The van der Waals surface area contributed by atoms with Crippen molar-refractivity contribution < 1.29 is 9.66 Å². The normalized spacial score (nSPS) is 16.3. The predicted octanol–water partition coefficient (Wildman–Crippen LogP) is 7.51. The van der Waals surface area contributed by atoms with Crippen molar-refractivity contribution in [3.05, 3.63) is 137 Å². The van der Waals surface area contributed by atoms with Crippen LogP contribution in [0.15, 0.2) is 125 Å². The van der Waals surface area contributed by atoms with Gasteiger partial charge in [0.2, 0.25) is 0 Å². The van der Waals surface area contributed by atoms with Gasteiger partial charge in [0.1, 0.15) is 11.8 Å². The second-order valence-corrected chi connectivity index (χ2v) is 11.1. The van der Waals surface area contributed by atoms with Crippen molar-refractivity contribution in [2.75, 3.05) is 11.5 Å². The summed E-state index contributed by atoms with van der Waals surface area (Å²) in [7, 11) is 0. The predicted molar refractivity (Wildman–Crippen MR) is 169 cm³/mol. The number of aromatic nitrogens is 2. The Kier molecular flexibility index (Phi) is 7.89. The van der Waals surface area contributed by atoms with Gasteiger partial charge in [0.25, 0.3) is 5.69 Å². The molecule has 210 valence electrons. The van der Waals surface area contributed by atoms with Crippen molar-refractivity contribution in [2.24, 2.45) is 0 Å². The van der Waals surface area contributed by atoms with Crippen LogP contribution in [0.2, 0.25) is 0 Å². The Bertz CT molecular complexity index is 1690. The second-order valence-electron chi connectivity index (χ2n) is 9.57. The lowest BCUT2D eigenvalue weighted by atomic mass is 10.0. The fourth-order valence-electron chi connectivity index (χ4n) is 5.12. The Morgan fingerprint density at radius 2 is 1.62 bits per heavy atom. The van der Waals surface area contributed by atoms with Crippen molar-refractivity contribution in [1.29, 1.82) is 0 Å². The number of ether oxygens (including phenoxy) is 1.